The highest BCUT2D eigenvalue weighted by atomic mass is 16.5. The third-order valence-corrected chi connectivity index (χ3v) is 2.84. The van der Waals surface area contributed by atoms with E-state index in [1.54, 1.807) is 11.8 Å². The third-order valence-electron chi connectivity index (χ3n) is 2.84. The number of hydrogen-bond acceptors (Lipinski definition) is 3. The third kappa shape index (κ3) is 4.91. The van der Waals surface area contributed by atoms with Gasteiger partial charge in [0.2, 0.25) is 0 Å². The number of hydrogen-bond donors (Lipinski definition) is 2. The molecule has 1 unspecified atom stereocenters. The fraction of sp³-hybridized carbons (Fsp3) is 0.833. The Labute approximate surface area is 107 Å². The number of nitrogens with zero attached hydrogens (tertiary/aromatic N) is 1. The average molecular weight is 258 g/mol. The Morgan fingerprint density at radius 2 is 2.17 bits per heavy atom. The number of carboxylic acids is 1. The normalized spacial score (nSPS) is 20.3. The molecule has 6 heteroatoms. The summed E-state index contributed by atoms with van der Waals surface area (Å²) in [6.07, 6.45) is 0.0644. The van der Waals surface area contributed by atoms with E-state index in [0.29, 0.717) is 26.2 Å². The van der Waals surface area contributed by atoms with E-state index in [4.69, 9.17) is 9.84 Å². The predicted molar refractivity (Wildman–Crippen MR) is 66.4 cm³/mol. The van der Waals surface area contributed by atoms with E-state index in [9.17, 15) is 9.59 Å². The quantitative estimate of drug-likeness (QED) is 0.786. The number of amides is 2. The number of aliphatic carboxylic acids is 1. The van der Waals surface area contributed by atoms with Crippen LogP contribution in [0, 0.1) is 5.92 Å². The van der Waals surface area contributed by atoms with Crippen molar-refractivity contribution >= 4 is 12.0 Å². The van der Waals surface area contributed by atoms with Crippen molar-refractivity contribution in [3.8, 4) is 0 Å². The van der Waals surface area contributed by atoms with E-state index in [1.807, 2.05) is 13.8 Å². The van der Waals surface area contributed by atoms with Crippen molar-refractivity contribution in [2.75, 3.05) is 26.2 Å². The van der Waals surface area contributed by atoms with Gasteiger partial charge in [-0.05, 0) is 19.8 Å². The van der Waals surface area contributed by atoms with Gasteiger partial charge in [-0.3, -0.25) is 4.79 Å². The number of morpholine rings is 1. The number of urea groups is 1. The van der Waals surface area contributed by atoms with Crippen LogP contribution in [0.3, 0.4) is 0 Å². The maximum absolute atomic E-state index is 11.9. The Hall–Kier alpha value is -1.30. The van der Waals surface area contributed by atoms with Gasteiger partial charge in [0.15, 0.2) is 0 Å². The summed E-state index contributed by atoms with van der Waals surface area (Å²) >= 11 is 0. The zero-order chi connectivity index (χ0) is 13.8. The van der Waals surface area contributed by atoms with Crippen LogP contribution >= 0.6 is 0 Å². The van der Waals surface area contributed by atoms with Crippen molar-refractivity contribution < 1.29 is 19.4 Å². The monoisotopic (exact) mass is 258 g/mol. The van der Waals surface area contributed by atoms with Crippen LogP contribution in [0.15, 0.2) is 0 Å². The molecule has 2 N–H and O–H groups in total. The molecule has 0 aromatic heterocycles. The van der Waals surface area contributed by atoms with Gasteiger partial charge in [-0.25, -0.2) is 4.79 Å². The number of carbonyl (C=O) groups excluding carboxylic acids is 1. The maximum atomic E-state index is 11.9. The molecule has 1 atom stereocenters. The smallest absolute Gasteiger partial charge is 0.317 e. The molecular formula is C12H22N2O4. The Morgan fingerprint density at radius 1 is 1.50 bits per heavy atom. The highest BCUT2D eigenvalue weighted by Gasteiger charge is 2.29. The molecule has 0 radical (unpaired) electrons. The van der Waals surface area contributed by atoms with Crippen LogP contribution in [0.25, 0.3) is 0 Å². The van der Waals surface area contributed by atoms with E-state index < -0.39 is 5.97 Å². The minimum Gasteiger partial charge on any atom is -0.481 e. The zero-order valence-electron chi connectivity index (χ0n) is 11.2. The lowest BCUT2D eigenvalue weighted by atomic mass is 10.1. The Kier molecular flexibility index (Phi) is 4.95. The first kappa shape index (κ1) is 14.8. The molecule has 104 valence electrons. The van der Waals surface area contributed by atoms with Crippen LogP contribution in [-0.4, -0.2) is 53.8 Å². The van der Waals surface area contributed by atoms with Gasteiger partial charge in [-0.15, -0.1) is 0 Å². The van der Waals surface area contributed by atoms with Crippen LogP contribution in [0.1, 0.15) is 27.2 Å². The summed E-state index contributed by atoms with van der Waals surface area (Å²) in [6.45, 7) is 7.72. The summed E-state index contributed by atoms with van der Waals surface area (Å²) in [5.41, 5.74) is -0.317. The second-order valence-corrected chi connectivity index (χ2v) is 5.42. The predicted octanol–water partition coefficient (Wildman–Crippen LogP) is 0.918. The van der Waals surface area contributed by atoms with Crippen molar-refractivity contribution in [2.24, 2.45) is 5.92 Å². The highest BCUT2D eigenvalue weighted by Crippen LogP contribution is 2.16. The SMILES string of the molecule is CC(CNC(=O)N1CCOC(C)(C)C1)CC(=O)O. The van der Waals surface area contributed by atoms with Gasteiger partial charge in [0.25, 0.3) is 0 Å². The molecule has 0 aromatic carbocycles. The topological polar surface area (TPSA) is 78.9 Å². The first-order valence-electron chi connectivity index (χ1n) is 6.19. The number of ether oxygens (including phenoxy) is 1. The Balaban J connectivity index is 2.34. The molecule has 0 aromatic rings. The van der Waals surface area contributed by atoms with E-state index in [2.05, 4.69) is 5.32 Å². The van der Waals surface area contributed by atoms with Crippen LogP contribution in [0.4, 0.5) is 4.79 Å². The fourth-order valence-electron chi connectivity index (χ4n) is 1.93. The van der Waals surface area contributed by atoms with Crippen LogP contribution < -0.4 is 5.32 Å². The molecule has 2 amide bonds. The van der Waals surface area contributed by atoms with Gasteiger partial charge in [-0.2, -0.15) is 0 Å². The molecule has 1 fully saturated rings. The summed E-state index contributed by atoms with van der Waals surface area (Å²) < 4.78 is 5.52. The number of rotatable bonds is 4. The van der Waals surface area contributed by atoms with Crippen molar-refractivity contribution in [1.29, 1.82) is 0 Å². The fourth-order valence-corrected chi connectivity index (χ4v) is 1.93. The molecule has 1 heterocycles. The average Bonchev–Trinajstić information content (AvgIpc) is 2.23. The Morgan fingerprint density at radius 3 is 2.72 bits per heavy atom. The molecule has 1 rings (SSSR count). The minimum atomic E-state index is -0.843. The number of nitrogens with one attached hydrogen (secondary N) is 1. The molecule has 18 heavy (non-hydrogen) atoms. The molecule has 1 aliphatic heterocycles. The first-order valence-corrected chi connectivity index (χ1v) is 6.19. The van der Waals surface area contributed by atoms with Gasteiger partial charge in [0.05, 0.1) is 18.8 Å². The van der Waals surface area contributed by atoms with Gasteiger partial charge >= 0.3 is 12.0 Å². The van der Waals surface area contributed by atoms with Gasteiger partial charge < -0.3 is 20.1 Å². The zero-order valence-corrected chi connectivity index (χ0v) is 11.2. The van der Waals surface area contributed by atoms with Gasteiger partial charge in [0, 0.05) is 19.5 Å². The van der Waals surface area contributed by atoms with Crippen LogP contribution in [0.2, 0.25) is 0 Å². The molecule has 1 saturated heterocycles. The lowest BCUT2D eigenvalue weighted by Crippen LogP contribution is -2.53. The Bertz CT molecular complexity index is 317. The summed E-state index contributed by atoms with van der Waals surface area (Å²) in [6, 6.07) is -0.149. The van der Waals surface area contributed by atoms with Crippen molar-refractivity contribution in [3.05, 3.63) is 0 Å². The van der Waals surface area contributed by atoms with Crippen molar-refractivity contribution in [3.63, 3.8) is 0 Å². The van der Waals surface area contributed by atoms with Gasteiger partial charge in [0.1, 0.15) is 0 Å². The standard InChI is InChI=1S/C12H22N2O4/c1-9(6-10(15)16)7-13-11(17)14-4-5-18-12(2,3)8-14/h9H,4-8H2,1-3H3,(H,13,17)(H,15,16). The van der Waals surface area contributed by atoms with Crippen LogP contribution in [0.5, 0.6) is 0 Å². The van der Waals surface area contributed by atoms with Crippen molar-refractivity contribution in [2.45, 2.75) is 32.8 Å². The largest absolute Gasteiger partial charge is 0.481 e. The minimum absolute atomic E-state index is 0.0644. The van der Waals surface area contributed by atoms with E-state index in [1.165, 1.54) is 0 Å². The van der Waals surface area contributed by atoms with E-state index in [0.717, 1.165) is 0 Å². The molecule has 0 aliphatic carbocycles. The molecule has 0 bridgehead atoms. The lowest BCUT2D eigenvalue weighted by molar-refractivity contribution is -0.137. The molecule has 1 aliphatic rings. The molecule has 6 nitrogen and oxygen atoms in total. The van der Waals surface area contributed by atoms with E-state index in [-0.39, 0.29) is 24.0 Å². The molecule has 0 spiro atoms. The summed E-state index contributed by atoms with van der Waals surface area (Å²) in [5.74, 6) is -0.912. The van der Waals surface area contributed by atoms with Crippen LogP contribution in [-0.2, 0) is 9.53 Å². The summed E-state index contributed by atoms with van der Waals surface area (Å²) in [5, 5.41) is 11.4. The van der Waals surface area contributed by atoms with Gasteiger partial charge in [-0.1, -0.05) is 6.92 Å². The summed E-state index contributed by atoms with van der Waals surface area (Å²) in [7, 11) is 0. The number of carboxylic acid groups (broad SMARTS) is 1. The van der Waals surface area contributed by atoms with Crippen molar-refractivity contribution in [1.82, 2.24) is 10.2 Å². The molecular weight excluding hydrogens is 236 g/mol. The second-order valence-electron chi connectivity index (χ2n) is 5.42. The lowest BCUT2D eigenvalue weighted by Gasteiger charge is -2.38. The van der Waals surface area contributed by atoms with E-state index >= 15 is 0 Å². The maximum Gasteiger partial charge on any atom is 0.317 e. The molecule has 0 saturated carbocycles. The second kappa shape index (κ2) is 6.04. The first-order chi connectivity index (χ1) is 8.30. The summed E-state index contributed by atoms with van der Waals surface area (Å²) in [4.78, 5) is 24.1. The number of carbonyl (C=O) groups is 2. The highest BCUT2D eigenvalue weighted by molar-refractivity contribution is 5.74.